The number of aromatic nitrogens is 2. The van der Waals surface area contributed by atoms with Crippen LogP contribution in [-0.2, 0) is 12.8 Å². The molecule has 184 valence electrons. The van der Waals surface area contributed by atoms with E-state index in [2.05, 4.69) is 29.9 Å². The third-order valence-electron chi connectivity index (χ3n) is 6.85. The van der Waals surface area contributed by atoms with Crippen molar-refractivity contribution in [2.75, 3.05) is 13.1 Å². The molecule has 6 nitrogen and oxygen atoms in total. The summed E-state index contributed by atoms with van der Waals surface area (Å²) in [6.07, 6.45) is 6.08. The Morgan fingerprint density at radius 1 is 1.03 bits per heavy atom. The van der Waals surface area contributed by atoms with E-state index in [-0.39, 0.29) is 18.1 Å². The summed E-state index contributed by atoms with van der Waals surface area (Å²) in [5, 5.41) is 9.00. The molecule has 0 aliphatic carbocycles. The SMILES string of the molecule is Cc1ncc(C(=O)N2CCC(c3ccc(C#N)cc3)CC2)cc1CC(=O)c1ccc(CC(C)C)nc1. The van der Waals surface area contributed by atoms with Crippen LogP contribution in [0.15, 0.2) is 54.9 Å². The van der Waals surface area contributed by atoms with Crippen LogP contribution in [0.3, 0.4) is 0 Å². The first-order valence-corrected chi connectivity index (χ1v) is 12.6. The number of carbonyl (C=O) groups excluding carboxylic acids is 2. The molecule has 0 atom stereocenters. The summed E-state index contributed by atoms with van der Waals surface area (Å²) in [4.78, 5) is 36.9. The molecule has 0 radical (unpaired) electrons. The first kappa shape index (κ1) is 25.2. The van der Waals surface area contributed by atoms with Gasteiger partial charge in [0.05, 0.1) is 17.2 Å². The highest BCUT2D eigenvalue weighted by molar-refractivity contribution is 5.98. The second-order valence-corrected chi connectivity index (χ2v) is 10.0. The molecule has 0 spiro atoms. The van der Waals surface area contributed by atoms with Crippen LogP contribution in [0.2, 0.25) is 0 Å². The maximum absolute atomic E-state index is 13.2. The number of hydrogen-bond acceptors (Lipinski definition) is 5. The van der Waals surface area contributed by atoms with Gasteiger partial charge in [-0.25, -0.2) is 0 Å². The first-order chi connectivity index (χ1) is 17.3. The standard InChI is InChI=1S/C30H32N4O2/c1-20(2)14-28-9-8-25(18-33-28)29(35)16-26-15-27(19-32-21(26)3)30(36)34-12-10-24(11-13-34)23-6-4-22(17-31)5-7-23/h4-9,15,18-20,24H,10-14,16H2,1-3H3. The van der Waals surface area contributed by atoms with Gasteiger partial charge in [0.2, 0.25) is 0 Å². The molecule has 1 aromatic carbocycles. The molecule has 1 aliphatic heterocycles. The molecular weight excluding hydrogens is 448 g/mol. The van der Waals surface area contributed by atoms with Gasteiger partial charge in [0.1, 0.15) is 0 Å². The molecular formula is C30H32N4O2. The van der Waals surface area contributed by atoms with Crippen molar-refractivity contribution >= 4 is 11.7 Å². The zero-order chi connectivity index (χ0) is 25.7. The van der Waals surface area contributed by atoms with Crippen LogP contribution in [-0.4, -0.2) is 39.6 Å². The van der Waals surface area contributed by atoms with Crippen molar-refractivity contribution in [2.24, 2.45) is 5.92 Å². The number of amides is 1. The number of Topliss-reactive ketones (excluding diaryl/α,β-unsaturated/α-hetero) is 1. The fraction of sp³-hybridized carbons (Fsp3) is 0.367. The van der Waals surface area contributed by atoms with E-state index in [1.54, 1.807) is 12.4 Å². The second kappa shape index (κ2) is 11.3. The molecule has 0 bridgehead atoms. The summed E-state index contributed by atoms with van der Waals surface area (Å²) in [6.45, 7) is 7.48. The lowest BCUT2D eigenvalue weighted by atomic mass is 9.89. The Hall–Kier alpha value is -3.85. The minimum Gasteiger partial charge on any atom is -0.339 e. The smallest absolute Gasteiger partial charge is 0.255 e. The molecule has 1 amide bonds. The van der Waals surface area contributed by atoms with Crippen LogP contribution >= 0.6 is 0 Å². The second-order valence-electron chi connectivity index (χ2n) is 10.0. The number of piperidine rings is 1. The van der Waals surface area contributed by atoms with Crippen molar-refractivity contribution in [1.82, 2.24) is 14.9 Å². The molecule has 0 unspecified atom stereocenters. The molecule has 0 N–H and O–H groups in total. The van der Waals surface area contributed by atoms with Crippen molar-refractivity contribution in [2.45, 2.75) is 52.4 Å². The third kappa shape index (κ3) is 6.04. The summed E-state index contributed by atoms with van der Waals surface area (Å²) in [7, 11) is 0. The van der Waals surface area contributed by atoms with E-state index >= 15 is 0 Å². The van der Waals surface area contributed by atoms with Crippen molar-refractivity contribution in [3.63, 3.8) is 0 Å². The van der Waals surface area contributed by atoms with Crippen molar-refractivity contribution in [3.05, 3.63) is 94.1 Å². The number of hydrogen-bond donors (Lipinski definition) is 0. The number of rotatable bonds is 7. The van der Waals surface area contributed by atoms with Gasteiger partial charge in [-0.15, -0.1) is 0 Å². The number of ketones is 1. The van der Waals surface area contributed by atoms with Gasteiger partial charge in [-0.2, -0.15) is 5.26 Å². The topological polar surface area (TPSA) is 87.0 Å². The number of pyridine rings is 2. The molecule has 6 heteroatoms. The van der Waals surface area contributed by atoms with Gasteiger partial charge in [0.25, 0.3) is 5.91 Å². The highest BCUT2D eigenvalue weighted by Gasteiger charge is 2.25. The number of carbonyl (C=O) groups is 2. The summed E-state index contributed by atoms with van der Waals surface area (Å²) >= 11 is 0. The zero-order valence-corrected chi connectivity index (χ0v) is 21.2. The number of aryl methyl sites for hydroxylation is 1. The van der Waals surface area contributed by atoms with Crippen LogP contribution in [0.5, 0.6) is 0 Å². The lowest BCUT2D eigenvalue weighted by Gasteiger charge is -2.32. The van der Waals surface area contributed by atoms with Gasteiger partial charge in [0, 0.05) is 48.9 Å². The summed E-state index contributed by atoms with van der Waals surface area (Å²) in [6, 6.07) is 15.5. The van der Waals surface area contributed by atoms with Crippen molar-refractivity contribution < 1.29 is 9.59 Å². The molecule has 1 saturated heterocycles. The fourth-order valence-corrected chi connectivity index (χ4v) is 4.71. The van der Waals surface area contributed by atoms with Crippen LogP contribution in [0.25, 0.3) is 0 Å². The van der Waals surface area contributed by atoms with Crippen LogP contribution in [0, 0.1) is 24.2 Å². The number of likely N-dealkylation sites (tertiary alicyclic amines) is 1. The minimum atomic E-state index is -0.0471. The molecule has 36 heavy (non-hydrogen) atoms. The Bertz CT molecular complexity index is 1270. The molecule has 3 heterocycles. The maximum atomic E-state index is 13.2. The average Bonchev–Trinajstić information content (AvgIpc) is 2.89. The monoisotopic (exact) mass is 480 g/mol. The summed E-state index contributed by atoms with van der Waals surface area (Å²) < 4.78 is 0. The van der Waals surface area contributed by atoms with E-state index in [4.69, 9.17) is 5.26 Å². The van der Waals surface area contributed by atoms with Crippen molar-refractivity contribution in [1.29, 1.82) is 5.26 Å². The van der Waals surface area contributed by atoms with Crippen LogP contribution in [0.1, 0.15) is 81.4 Å². The van der Waals surface area contributed by atoms with Gasteiger partial charge in [0.15, 0.2) is 5.78 Å². The van der Waals surface area contributed by atoms with E-state index in [9.17, 15) is 9.59 Å². The lowest BCUT2D eigenvalue weighted by Crippen LogP contribution is -2.38. The van der Waals surface area contributed by atoms with E-state index in [0.717, 1.165) is 36.2 Å². The first-order valence-electron chi connectivity index (χ1n) is 12.6. The van der Waals surface area contributed by atoms with Crippen molar-refractivity contribution in [3.8, 4) is 6.07 Å². The highest BCUT2D eigenvalue weighted by Crippen LogP contribution is 2.29. The third-order valence-corrected chi connectivity index (χ3v) is 6.85. The van der Waals surface area contributed by atoms with Crippen LogP contribution in [0.4, 0.5) is 0 Å². The Morgan fingerprint density at radius 3 is 2.33 bits per heavy atom. The average molecular weight is 481 g/mol. The highest BCUT2D eigenvalue weighted by atomic mass is 16.2. The largest absolute Gasteiger partial charge is 0.339 e. The minimum absolute atomic E-state index is 0.0312. The summed E-state index contributed by atoms with van der Waals surface area (Å²) in [5.41, 5.74) is 5.47. The van der Waals surface area contributed by atoms with Gasteiger partial charge in [-0.05, 0) is 79.5 Å². The molecule has 4 rings (SSSR count). The normalized spacial score (nSPS) is 14.0. The molecule has 2 aromatic heterocycles. The van der Waals surface area contributed by atoms with E-state index in [1.165, 1.54) is 5.56 Å². The van der Waals surface area contributed by atoms with E-state index in [1.807, 2.05) is 54.3 Å². The predicted octanol–water partition coefficient (Wildman–Crippen LogP) is 5.30. The molecule has 1 fully saturated rings. The number of benzene rings is 1. The quantitative estimate of drug-likeness (QED) is 0.428. The van der Waals surface area contributed by atoms with Gasteiger partial charge >= 0.3 is 0 Å². The van der Waals surface area contributed by atoms with E-state index in [0.29, 0.717) is 41.6 Å². The Balaban J connectivity index is 1.39. The van der Waals surface area contributed by atoms with E-state index < -0.39 is 0 Å². The Kier molecular flexibility index (Phi) is 7.90. The predicted molar refractivity (Wildman–Crippen MR) is 139 cm³/mol. The zero-order valence-electron chi connectivity index (χ0n) is 21.2. The van der Waals surface area contributed by atoms with Gasteiger partial charge in [-0.1, -0.05) is 26.0 Å². The number of nitriles is 1. The Morgan fingerprint density at radius 2 is 1.72 bits per heavy atom. The van der Waals surface area contributed by atoms with Gasteiger partial charge in [-0.3, -0.25) is 19.6 Å². The molecule has 1 aliphatic rings. The molecule has 0 saturated carbocycles. The fourth-order valence-electron chi connectivity index (χ4n) is 4.71. The lowest BCUT2D eigenvalue weighted by molar-refractivity contribution is 0.0712. The molecule has 3 aromatic rings. The van der Waals surface area contributed by atoms with Gasteiger partial charge < -0.3 is 4.90 Å². The maximum Gasteiger partial charge on any atom is 0.255 e. The summed E-state index contributed by atoms with van der Waals surface area (Å²) in [5.74, 6) is 0.812. The van der Waals surface area contributed by atoms with Crippen LogP contribution < -0.4 is 0 Å². The number of nitrogens with zero attached hydrogens (tertiary/aromatic N) is 4. The Labute approximate surface area is 213 Å².